The molecule has 3 N–H and O–H groups in total. The van der Waals surface area contributed by atoms with Crippen LogP contribution < -0.4 is 5.32 Å². The molecule has 2 aromatic rings. The van der Waals surface area contributed by atoms with Gasteiger partial charge < -0.3 is 15.4 Å². The Balaban J connectivity index is 2.21. The van der Waals surface area contributed by atoms with Crippen molar-refractivity contribution in [3.63, 3.8) is 0 Å². The van der Waals surface area contributed by atoms with Crippen molar-refractivity contribution in [3.8, 4) is 0 Å². The average molecular weight is 260 g/mol. The molecule has 1 amide bonds. The molecule has 4 nitrogen and oxygen atoms in total. The molecule has 102 valence electrons. The highest BCUT2D eigenvalue weighted by Crippen LogP contribution is 2.17. The first-order chi connectivity index (χ1) is 9.13. The van der Waals surface area contributed by atoms with Gasteiger partial charge in [0.15, 0.2) is 0 Å². The molecule has 1 aromatic carbocycles. The second kappa shape index (κ2) is 5.89. The van der Waals surface area contributed by atoms with Gasteiger partial charge in [-0.25, -0.2) is 0 Å². The summed E-state index contributed by atoms with van der Waals surface area (Å²) in [6, 6.07) is 7.59. The molecular weight excluding hydrogens is 240 g/mol. The number of carbonyl (C=O) groups is 1. The Labute approximate surface area is 112 Å². The summed E-state index contributed by atoms with van der Waals surface area (Å²) in [7, 11) is 0. The molecule has 1 aromatic heterocycles. The van der Waals surface area contributed by atoms with Gasteiger partial charge in [-0.15, -0.1) is 0 Å². The summed E-state index contributed by atoms with van der Waals surface area (Å²) in [6.45, 7) is 4.15. The van der Waals surface area contributed by atoms with Crippen molar-refractivity contribution in [2.24, 2.45) is 5.92 Å². The first-order valence-corrected chi connectivity index (χ1v) is 6.61. The first-order valence-electron chi connectivity index (χ1n) is 6.61. The molecule has 1 unspecified atom stereocenters. The number of aliphatic hydroxyl groups is 1. The van der Waals surface area contributed by atoms with E-state index in [0.717, 1.165) is 10.9 Å². The number of hydrogen-bond donors (Lipinski definition) is 3. The zero-order valence-electron chi connectivity index (χ0n) is 11.3. The molecule has 0 aliphatic rings. The number of para-hydroxylation sites is 1. The first kappa shape index (κ1) is 13.6. The zero-order valence-corrected chi connectivity index (χ0v) is 11.3. The minimum atomic E-state index is -0.0970. The minimum Gasteiger partial charge on any atom is -0.396 e. The van der Waals surface area contributed by atoms with Gasteiger partial charge in [-0.2, -0.15) is 0 Å². The number of carbonyl (C=O) groups excluding carboxylic acids is 1. The summed E-state index contributed by atoms with van der Waals surface area (Å²) >= 11 is 0. The van der Waals surface area contributed by atoms with E-state index in [0.29, 0.717) is 17.9 Å². The average Bonchev–Trinajstić information content (AvgIpc) is 2.85. The number of nitrogens with one attached hydrogen (secondary N) is 2. The minimum absolute atomic E-state index is 0.0114. The molecule has 0 aliphatic heterocycles. The van der Waals surface area contributed by atoms with Gasteiger partial charge in [0.05, 0.1) is 11.1 Å². The largest absolute Gasteiger partial charge is 0.396 e. The molecule has 1 atom stereocenters. The van der Waals surface area contributed by atoms with Crippen LogP contribution in [0.2, 0.25) is 0 Å². The quantitative estimate of drug-likeness (QED) is 0.772. The van der Waals surface area contributed by atoms with Gasteiger partial charge in [0.25, 0.3) is 5.91 Å². The second-order valence-corrected chi connectivity index (χ2v) is 5.08. The lowest BCUT2D eigenvalue weighted by Gasteiger charge is -2.21. The summed E-state index contributed by atoms with van der Waals surface area (Å²) < 4.78 is 0. The summed E-state index contributed by atoms with van der Waals surface area (Å²) in [5, 5.41) is 13.1. The number of benzene rings is 1. The molecule has 2 rings (SSSR count). The Morgan fingerprint density at radius 2 is 2.16 bits per heavy atom. The van der Waals surface area contributed by atoms with Crippen LogP contribution >= 0.6 is 0 Å². The number of H-pyrrole nitrogens is 1. The van der Waals surface area contributed by atoms with Gasteiger partial charge >= 0.3 is 0 Å². The molecule has 0 saturated heterocycles. The molecule has 0 radical (unpaired) electrons. The van der Waals surface area contributed by atoms with E-state index in [1.807, 2.05) is 44.3 Å². The lowest BCUT2D eigenvalue weighted by Crippen LogP contribution is -2.39. The third-order valence-electron chi connectivity index (χ3n) is 3.39. The molecule has 0 aliphatic carbocycles. The van der Waals surface area contributed by atoms with Crippen molar-refractivity contribution >= 4 is 16.8 Å². The number of rotatable bonds is 5. The fourth-order valence-electron chi connectivity index (χ4n) is 2.23. The van der Waals surface area contributed by atoms with Gasteiger partial charge in [0.2, 0.25) is 0 Å². The van der Waals surface area contributed by atoms with E-state index in [2.05, 4.69) is 10.3 Å². The van der Waals surface area contributed by atoms with Crippen molar-refractivity contribution < 1.29 is 9.90 Å². The van der Waals surface area contributed by atoms with Gasteiger partial charge in [-0.05, 0) is 24.5 Å². The predicted molar refractivity (Wildman–Crippen MR) is 76.1 cm³/mol. The predicted octanol–water partition coefficient (Wildman–Crippen LogP) is 2.30. The van der Waals surface area contributed by atoms with Gasteiger partial charge in [0, 0.05) is 24.2 Å². The maximum absolute atomic E-state index is 12.3. The number of aromatic amines is 1. The van der Waals surface area contributed by atoms with Crippen molar-refractivity contribution in [2.45, 2.75) is 26.3 Å². The highest BCUT2D eigenvalue weighted by atomic mass is 16.3. The topological polar surface area (TPSA) is 65.1 Å². The van der Waals surface area contributed by atoms with Crippen LogP contribution in [0.15, 0.2) is 30.5 Å². The van der Waals surface area contributed by atoms with Gasteiger partial charge in [-0.1, -0.05) is 26.0 Å². The number of amides is 1. The number of hydrogen-bond acceptors (Lipinski definition) is 2. The van der Waals surface area contributed by atoms with E-state index in [1.165, 1.54) is 0 Å². The van der Waals surface area contributed by atoms with Gasteiger partial charge in [0.1, 0.15) is 0 Å². The molecule has 0 fully saturated rings. The Bertz CT molecular complexity index is 560. The van der Waals surface area contributed by atoms with E-state index in [9.17, 15) is 4.79 Å². The maximum Gasteiger partial charge on any atom is 0.253 e. The van der Waals surface area contributed by atoms with Crippen LogP contribution in [0.25, 0.3) is 10.9 Å². The summed E-state index contributed by atoms with van der Waals surface area (Å²) in [6.07, 6.45) is 2.40. The van der Waals surface area contributed by atoms with Crippen LogP contribution in [0.5, 0.6) is 0 Å². The highest BCUT2D eigenvalue weighted by Gasteiger charge is 2.18. The number of aromatic nitrogens is 1. The number of aliphatic hydroxyl groups excluding tert-OH is 1. The van der Waals surface area contributed by atoms with Crippen molar-refractivity contribution in [2.75, 3.05) is 6.61 Å². The molecule has 4 heteroatoms. The molecule has 0 saturated carbocycles. The van der Waals surface area contributed by atoms with Crippen LogP contribution in [-0.4, -0.2) is 28.6 Å². The van der Waals surface area contributed by atoms with E-state index < -0.39 is 0 Å². The zero-order chi connectivity index (χ0) is 13.8. The van der Waals surface area contributed by atoms with Crippen LogP contribution in [0.3, 0.4) is 0 Å². The van der Waals surface area contributed by atoms with Crippen molar-refractivity contribution in [3.05, 3.63) is 36.0 Å². The van der Waals surface area contributed by atoms with E-state index in [1.54, 1.807) is 0 Å². The maximum atomic E-state index is 12.3. The van der Waals surface area contributed by atoms with Crippen LogP contribution in [0, 0.1) is 5.92 Å². The normalized spacial score (nSPS) is 12.8. The van der Waals surface area contributed by atoms with Gasteiger partial charge in [-0.3, -0.25) is 4.79 Å². The summed E-state index contributed by atoms with van der Waals surface area (Å²) in [5.74, 6) is 0.194. The summed E-state index contributed by atoms with van der Waals surface area (Å²) in [5.41, 5.74) is 1.50. The standard InChI is InChI=1S/C15H20N2O2/c1-10(2)13(7-9-18)17-15(19)12-5-3-4-11-6-8-16-14(11)12/h3-6,8,10,13,16,18H,7,9H2,1-2H3,(H,17,19). The highest BCUT2D eigenvalue weighted by molar-refractivity contribution is 6.05. The van der Waals surface area contributed by atoms with E-state index in [4.69, 9.17) is 5.11 Å². The van der Waals surface area contributed by atoms with E-state index in [-0.39, 0.29) is 18.6 Å². The third-order valence-corrected chi connectivity index (χ3v) is 3.39. The fraction of sp³-hybridized carbons (Fsp3) is 0.400. The smallest absolute Gasteiger partial charge is 0.253 e. The van der Waals surface area contributed by atoms with Crippen molar-refractivity contribution in [1.29, 1.82) is 0 Å². The van der Waals surface area contributed by atoms with Crippen molar-refractivity contribution in [1.82, 2.24) is 10.3 Å². The second-order valence-electron chi connectivity index (χ2n) is 5.08. The fourth-order valence-corrected chi connectivity index (χ4v) is 2.23. The molecule has 0 spiro atoms. The molecule has 0 bridgehead atoms. The Kier molecular flexibility index (Phi) is 4.22. The Morgan fingerprint density at radius 3 is 2.84 bits per heavy atom. The molecular formula is C15H20N2O2. The number of fused-ring (bicyclic) bond motifs is 1. The third kappa shape index (κ3) is 2.96. The molecule has 19 heavy (non-hydrogen) atoms. The summed E-state index contributed by atoms with van der Waals surface area (Å²) in [4.78, 5) is 15.4. The lowest BCUT2D eigenvalue weighted by atomic mass is 10.0. The van der Waals surface area contributed by atoms with Crippen LogP contribution in [-0.2, 0) is 0 Å². The van der Waals surface area contributed by atoms with Crippen LogP contribution in [0.1, 0.15) is 30.6 Å². The van der Waals surface area contributed by atoms with E-state index >= 15 is 0 Å². The molecule has 1 heterocycles. The lowest BCUT2D eigenvalue weighted by molar-refractivity contribution is 0.0918. The van der Waals surface area contributed by atoms with Crippen LogP contribution in [0.4, 0.5) is 0 Å². The Hall–Kier alpha value is -1.81. The SMILES string of the molecule is CC(C)C(CCO)NC(=O)c1cccc2cc[nH]c12. The monoisotopic (exact) mass is 260 g/mol. The Morgan fingerprint density at radius 1 is 1.37 bits per heavy atom.